The number of likely N-dealkylation sites (N-methyl/N-ethyl adjacent to an activating group) is 1. The van der Waals surface area contributed by atoms with Crippen LogP contribution in [0.2, 0.25) is 0 Å². The Bertz CT molecular complexity index is 1630. The predicted octanol–water partition coefficient (Wildman–Crippen LogP) is 4.46. The van der Waals surface area contributed by atoms with Crippen LogP contribution < -0.4 is 10.1 Å². The summed E-state index contributed by atoms with van der Waals surface area (Å²) >= 11 is 0. The van der Waals surface area contributed by atoms with Crippen molar-refractivity contribution in [1.29, 1.82) is 0 Å². The highest BCUT2D eigenvalue weighted by Crippen LogP contribution is 2.31. The van der Waals surface area contributed by atoms with Crippen molar-refractivity contribution in [2.75, 3.05) is 20.7 Å². The van der Waals surface area contributed by atoms with Gasteiger partial charge in [-0.25, -0.2) is 4.39 Å². The number of H-pyrrole nitrogens is 1. The van der Waals surface area contributed by atoms with Crippen LogP contribution in [-0.2, 0) is 11.3 Å². The number of likely N-dealkylation sites (tertiary alicyclic amines) is 1. The summed E-state index contributed by atoms with van der Waals surface area (Å²) in [5, 5.41) is 11.5. The summed E-state index contributed by atoms with van der Waals surface area (Å²) in [7, 11) is 3.36. The third kappa shape index (κ3) is 5.59. The first-order valence-electron chi connectivity index (χ1n) is 14.4. The average molecular weight is 571 g/mol. The molecule has 6 rings (SSSR count). The van der Waals surface area contributed by atoms with Crippen LogP contribution in [0.1, 0.15) is 47.3 Å². The number of aromatic amines is 1. The molecule has 2 N–H and O–H groups in total. The number of rotatable bonds is 8. The van der Waals surface area contributed by atoms with Gasteiger partial charge in [0, 0.05) is 66.2 Å². The maximum absolute atomic E-state index is 14.9. The van der Waals surface area contributed by atoms with E-state index in [4.69, 9.17) is 4.74 Å². The zero-order chi connectivity index (χ0) is 29.4. The number of fused-ring (bicyclic) bond motifs is 1. The monoisotopic (exact) mass is 570 g/mol. The molecule has 1 aliphatic heterocycles. The highest BCUT2D eigenvalue weighted by Gasteiger charge is 2.39. The van der Waals surface area contributed by atoms with Gasteiger partial charge >= 0.3 is 0 Å². The minimum Gasteiger partial charge on any atom is -0.496 e. The molecule has 3 heterocycles. The van der Waals surface area contributed by atoms with Gasteiger partial charge in [0.25, 0.3) is 5.91 Å². The molecule has 0 unspecified atom stereocenters. The Labute approximate surface area is 244 Å². The van der Waals surface area contributed by atoms with Crippen LogP contribution >= 0.6 is 0 Å². The lowest BCUT2D eigenvalue weighted by atomic mass is 9.95. The number of hydrogen-bond acceptors (Lipinski definition) is 6. The molecule has 2 aromatic carbocycles. The van der Waals surface area contributed by atoms with Gasteiger partial charge in [0.1, 0.15) is 17.3 Å². The topological polar surface area (TPSA) is 103 Å². The van der Waals surface area contributed by atoms with E-state index >= 15 is 0 Å². The van der Waals surface area contributed by atoms with Gasteiger partial charge in [0.15, 0.2) is 0 Å². The second-order valence-electron chi connectivity index (χ2n) is 11.3. The van der Waals surface area contributed by atoms with Gasteiger partial charge in [-0.05, 0) is 75.1 Å². The number of halogens is 1. The fourth-order valence-electron chi connectivity index (χ4n) is 5.92. The van der Waals surface area contributed by atoms with Crippen molar-refractivity contribution in [3.63, 3.8) is 0 Å². The normalized spacial score (nSPS) is 19.0. The van der Waals surface area contributed by atoms with Crippen LogP contribution in [0.15, 0.2) is 54.7 Å². The van der Waals surface area contributed by atoms with E-state index in [1.807, 2.05) is 48.0 Å². The molecule has 42 heavy (non-hydrogen) atoms. The smallest absolute Gasteiger partial charge is 0.251 e. The summed E-state index contributed by atoms with van der Waals surface area (Å²) in [5.41, 5.74) is 4.32. The number of ether oxygens (including phenoxy) is 1. The third-order valence-corrected chi connectivity index (χ3v) is 8.40. The van der Waals surface area contributed by atoms with Crippen LogP contribution in [0.5, 0.6) is 5.75 Å². The summed E-state index contributed by atoms with van der Waals surface area (Å²) in [4.78, 5) is 35.1. The zero-order valence-corrected chi connectivity index (χ0v) is 24.1. The molecule has 1 saturated heterocycles. The first-order chi connectivity index (χ1) is 20.3. The van der Waals surface area contributed by atoms with Crippen LogP contribution in [0, 0.1) is 12.7 Å². The van der Waals surface area contributed by atoms with Gasteiger partial charge in [0.2, 0.25) is 5.91 Å². The average Bonchev–Trinajstić information content (AvgIpc) is 3.76. The van der Waals surface area contributed by atoms with E-state index in [0.717, 1.165) is 40.7 Å². The van der Waals surface area contributed by atoms with Gasteiger partial charge < -0.3 is 15.0 Å². The van der Waals surface area contributed by atoms with E-state index in [9.17, 15) is 14.0 Å². The molecule has 1 aliphatic carbocycles. The summed E-state index contributed by atoms with van der Waals surface area (Å²) in [6.07, 6.45) is 4.97. The quantitative estimate of drug-likeness (QED) is 0.324. The number of nitrogens with one attached hydrogen (secondary N) is 2. The van der Waals surface area contributed by atoms with E-state index in [1.165, 1.54) is 13.2 Å². The van der Waals surface area contributed by atoms with E-state index in [1.54, 1.807) is 24.4 Å². The number of carbonyl (C=O) groups is 2. The van der Waals surface area contributed by atoms with Gasteiger partial charge in [0.05, 0.1) is 18.7 Å². The van der Waals surface area contributed by atoms with Crippen LogP contribution in [0.3, 0.4) is 0 Å². The molecule has 2 amide bonds. The number of piperidine rings is 1. The van der Waals surface area contributed by atoms with Gasteiger partial charge in [-0.3, -0.25) is 24.6 Å². The number of benzene rings is 2. The lowest BCUT2D eigenvalue weighted by molar-refractivity contribution is -0.138. The molecule has 2 fully saturated rings. The Balaban J connectivity index is 1.23. The maximum atomic E-state index is 14.9. The number of aryl methyl sites for hydroxylation is 1. The fraction of sp³-hybridized carbons (Fsp3) is 0.375. The molecular formula is C32H35FN6O3. The first kappa shape index (κ1) is 27.8. The highest BCUT2D eigenvalue weighted by molar-refractivity contribution is 6.01. The van der Waals surface area contributed by atoms with Crippen molar-refractivity contribution in [2.24, 2.45) is 0 Å². The number of aromatic nitrogens is 3. The predicted molar refractivity (Wildman–Crippen MR) is 157 cm³/mol. The Morgan fingerprint density at radius 3 is 2.74 bits per heavy atom. The van der Waals surface area contributed by atoms with Crippen molar-refractivity contribution < 1.29 is 18.7 Å². The molecular weight excluding hydrogens is 535 g/mol. The molecule has 0 spiro atoms. The summed E-state index contributed by atoms with van der Waals surface area (Å²) in [6.45, 7) is 2.54. The number of nitrogens with zero attached hydrogens (tertiary/aromatic N) is 4. The molecule has 4 aromatic rings. The highest BCUT2D eigenvalue weighted by atomic mass is 19.1. The SMILES string of the molecule is COc1cccc(F)c1CN1C[C@H](NC(=O)c2ccc3[nH]nc(-c4ccnc(C)c4)c3c2)CC[C@H]1C(=O)N(C)C1CC1. The van der Waals surface area contributed by atoms with Crippen LogP contribution in [0.25, 0.3) is 22.2 Å². The number of pyridine rings is 1. The Morgan fingerprint density at radius 1 is 1.14 bits per heavy atom. The molecule has 0 bridgehead atoms. The molecule has 0 radical (unpaired) electrons. The molecule has 2 aromatic heterocycles. The maximum Gasteiger partial charge on any atom is 0.251 e. The Morgan fingerprint density at radius 2 is 1.98 bits per heavy atom. The first-order valence-corrected chi connectivity index (χ1v) is 14.4. The molecule has 9 nitrogen and oxygen atoms in total. The minimum atomic E-state index is -0.401. The molecule has 2 aliphatic rings. The van der Waals surface area contributed by atoms with Crippen LogP contribution in [-0.4, -0.2) is 75.6 Å². The van der Waals surface area contributed by atoms with Gasteiger partial charge in [-0.15, -0.1) is 0 Å². The molecule has 10 heteroatoms. The number of carbonyl (C=O) groups excluding carboxylic acids is 2. The van der Waals surface area contributed by atoms with E-state index < -0.39 is 6.04 Å². The van der Waals surface area contributed by atoms with Crippen LogP contribution in [0.4, 0.5) is 4.39 Å². The summed E-state index contributed by atoms with van der Waals surface area (Å²) in [6, 6.07) is 13.7. The Kier molecular flexibility index (Phi) is 7.64. The summed E-state index contributed by atoms with van der Waals surface area (Å²) < 4.78 is 20.4. The number of amides is 2. The van der Waals surface area contributed by atoms with Crippen molar-refractivity contribution in [1.82, 2.24) is 30.3 Å². The third-order valence-electron chi connectivity index (χ3n) is 8.40. The van der Waals surface area contributed by atoms with Crippen molar-refractivity contribution in [2.45, 2.75) is 57.3 Å². The molecule has 2 atom stereocenters. The van der Waals surface area contributed by atoms with Crippen molar-refractivity contribution >= 4 is 22.7 Å². The lowest BCUT2D eigenvalue weighted by Crippen LogP contribution is -2.56. The van der Waals surface area contributed by atoms with Gasteiger partial charge in [-0.1, -0.05) is 6.07 Å². The number of hydrogen-bond donors (Lipinski definition) is 2. The second kappa shape index (κ2) is 11.5. The fourth-order valence-corrected chi connectivity index (χ4v) is 5.92. The van der Waals surface area contributed by atoms with Gasteiger partial charge in [-0.2, -0.15) is 5.10 Å². The zero-order valence-electron chi connectivity index (χ0n) is 24.1. The number of methoxy groups -OCH3 is 1. The minimum absolute atomic E-state index is 0.0434. The second-order valence-corrected chi connectivity index (χ2v) is 11.3. The largest absolute Gasteiger partial charge is 0.496 e. The summed E-state index contributed by atoms with van der Waals surface area (Å²) in [5.74, 6) is -0.0995. The molecule has 1 saturated carbocycles. The standard InChI is InChI=1S/C32H35FN6O3/c1-19-15-20(13-14-34-19)30-24-16-21(7-11-27(24)36-37-30)31(40)35-22-8-12-28(32(41)38(2)23-9-10-23)39(17-22)18-25-26(33)5-4-6-29(25)42-3/h4-7,11,13-16,22-23,28H,8-10,12,17-18H2,1-3H3,(H,35,40)(H,36,37)/t22-,28+/m1/s1. The van der Waals surface area contributed by atoms with E-state index in [0.29, 0.717) is 36.3 Å². The van der Waals surface area contributed by atoms with E-state index in [-0.39, 0.29) is 36.3 Å². The van der Waals surface area contributed by atoms with E-state index in [2.05, 4.69) is 20.5 Å². The Hall–Kier alpha value is -4.31. The molecule has 218 valence electrons. The van der Waals surface area contributed by atoms with Crippen molar-refractivity contribution in [3.05, 3.63) is 77.4 Å². The lowest BCUT2D eigenvalue weighted by Gasteiger charge is -2.40. The van der Waals surface area contributed by atoms with Crippen molar-refractivity contribution in [3.8, 4) is 17.0 Å².